The van der Waals surface area contributed by atoms with Crippen LogP contribution in [-0.2, 0) is 6.54 Å². The number of hydrogen-bond donors (Lipinski definition) is 1. The Kier molecular flexibility index (Phi) is 7.87. The normalized spacial score (nSPS) is 17.3. The van der Waals surface area contributed by atoms with Crippen LogP contribution in [0.15, 0.2) is 84.2 Å². The standard InChI is InChI=1S/C28H33N3O2/c1-22-6-8-26(9-7-22)28(33)31(20-24-4-2-3-5-25(18-24)21-32)27-12-16-30(17-13-27)19-23-10-14-29-15-11-23/h2-4,6-11,14-15,18,27,32H,5,12-13,16-17,19-21H2,1H3. The van der Waals surface area contributed by atoms with Gasteiger partial charge in [0.15, 0.2) is 0 Å². The molecule has 1 fully saturated rings. The molecule has 0 radical (unpaired) electrons. The summed E-state index contributed by atoms with van der Waals surface area (Å²) < 4.78 is 0. The maximum absolute atomic E-state index is 13.6. The summed E-state index contributed by atoms with van der Waals surface area (Å²) in [6.45, 7) is 5.47. The van der Waals surface area contributed by atoms with Crippen LogP contribution in [0.4, 0.5) is 0 Å². The first-order valence-corrected chi connectivity index (χ1v) is 11.8. The molecule has 0 unspecified atom stereocenters. The van der Waals surface area contributed by atoms with Gasteiger partial charge in [0, 0.05) is 50.2 Å². The van der Waals surface area contributed by atoms with Crippen molar-refractivity contribution >= 4 is 5.91 Å². The van der Waals surface area contributed by atoms with Crippen molar-refractivity contribution in [2.24, 2.45) is 0 Å². The van der Waals surface area contributed by atoms with E-state index >= 15 is 0 Å². The molecule has 1 N–H and O–H groups in total. The molecule has 1 saturated heterocycles. The molecule has 5 nitrogen and oxygen atoms in total. The summed E-state index contributed by atoms with van der Waals surface area (Å²) >= 11 is 0. The second-order valence-corrected chi connectivity index (χ2v) is 9.00. The Morgan fingerprint density at radius 1 is 1.12 bits per heavy atom. The number of aliphatic hydroxyl groups excluding tert-OH is 1. The summed E-state index contributed by atoms with van der Waals surface area (Å²) in [5, 5.41) is 9.66. The molecule has 1 aromatic carbocycles. The Hall–Kier alpha value is -3.02. The highest BCUT2D eigenvalue weighted by Gasteiger charge is 2.29. The number of likely N-dealkylation sites (tertiary alicyclic amines) is 1. The third-order valence-electron chi connectivity index (χ3n) is 6.48. The van der Waals surface area contributed by atoms with Crippen LogP contribution < -0.4 is 0 Å². The van der Waals surface area contributed by atoms with Crippen molar-refractivity contribution in [2.45, 2.75) is 38.8 Å². The van der Waals surface area contributed by atoms with Gasteiger partial charge in [0.2, 0.25) is 0 Å². The summed E-state index contributed by atoms with van der Waals surface area (Å²) in [5.41, 5.74) is 5.19. The lowest BCUT2D eigenvalue weighted by Crippen LogP contribution is -2.47. The van der Waals surface area contributed by atoms with Crippen molar-refractivity contribution in [3.63, 3.8) is 0 Å². The van der Waals surface area contributed by atoms with Crippen LogP contribution in [-0.4, -0.2) is 58.1 Å². The minimum Gasteiger partial charge on any atom is -0.392 e. The summed E-state index contributed by atoms with van der Waals surface area (Å²) in [4.78, 5) is 22.2. The number of aryl methyl sites for hydroxylation is 1. The Labute approximate surface area is 196 Å². The lowest BCUT2D eigenvalue weighted by Gasteiger charge is -2.39. The lowest BCUT2D eigenvalue weighted by molar-refractivity contribution is 0.0593. The van der Waals surface area contributed by atoms with Crippen molar-refractivity contribution in [1.29, 1.82) is 0 Å². The van der Waals surface area contributed by atoms with E-state index in [4.69, 9.17) is 0 Å². The average Bonchev–Trinajstić information content (AvgIpc) is 3.09. The topological polar surface area (TPSA) is 56.7 Å². The van der Waals surface area contributed by atoms with Crippen molar-refractivity contribution < 1.29 is 9.90 Å². The van der Waals surface area contributed by atoms with E-state index in [-0.39, 0.29) is 18.6 Å². The van der Waals surface area contributed by atoms with E-state index in [0.717, 1.165) is 61.2 Å². The third kappa shape index (κ3) is 6.28. The van der Waals surface area contributed by atoms with E-state index in [9.17, 15) is 9.90 Å². The van der Waals surface area contributed by atoms with Crippen molar-refractivity contribution in [1.82, 2.24) is 14.8 Å². The van der Waals surface area contributed by atoms with Gasteiger partial charge in [-0.3, -0.25) is 14.7 Å². The van der Waals surface area contributed by atoms with Gasteiger partial charge in [0.25, 0.3) is 5.91 Å². The zero-order chi connectivity index (χ0) is 23.0. The lowest BCUT2D eigenvalue weighted by atomic mass is 9.99. The Balaban J connectivity index is 1.50. The largest absolute Gasteiger partial charge is 0.392 e. The van der Waals surface area contributed by atoms with E-state index in [2.05, 4.69) is 34.2 Å². The molecule has 1 amide bonds. The predicted octanol–water partition coefficient (Wildman–Crippen LogP) is 4.30. The van der Waals surface area contributed by atoms with E-state index < -0.39 is 0 Å². The predicted molar refractivity (Wildman–Crippen MR) is 132 cm³/mol. The van der Waals surface area contributed by atoms with Crippen molar-refractivity contribution in [3.8, 4) is 0 Å². The van der Waals surface area contributed by atoms with Gasteiger partial charge in [-0.2, -0.15) is 0 Å². The van der Waals surface area contributed by atoms with Gasteiger partial charge in [0.05, 0.1) is 6.61 Å². The quantitative estimate of drug-likeness (QED) is 0.693. The molecule has 0 saturated carbocycles. The smallest absolute Gasteiger partial charge is 0.254 e. The van der Waals surface area contributed by atoms with Gasteiger partial charge in [-0.05, 0) is 67.2 Å². The number of carbonyl (C=O) groups excluding carboxylic acids is 1. The number of aliphatic hydroxyl groups is 1. The second-order valence-electron chi connectivity index (χ2n) is 9.00. The number of aromatic nitrogens is 1. The number of allylic oxidation sites excluding steroid dienone is 3. The highest BCUT2D eigenvalue weighted by molar-refractivity contribution is 5.94. The number of rotatable bonds is 7. The fraction of sp³-hybridized carbons (Fsp3) is 0.357. The van der Waals surface area contributed by atoms with Crippen LogP contribution in [0.5, 0.6) is 0 Å². The second kappa shape index (κ2) is 11.2. The zero-order valence-corrected chi connectivity index (χ0v) is 19.4. The van der Waals surface area contributed by atoms with Crippen LogP contribution in [0.2, 0.25) is 0 Å². The highest BCUT2D eigenvalue weighted by Crippen LogP contribution is 2.23. The molecule has 5 heteroatoms. The maximum atomic E-state index is 13.6. The number of benzene rings is 1. The zero-order valence-electron chi connectivity index (χ0n) is 19.4. The number of amides is 1. The molecule has 0 atom stereocenters. The van der Waals surface area contributed by atoms with E-state index in [1.54, 1.807) is 0 Å². The molecule has 1 aromatic heterocycles. The first kappa shape index (κ1) is 23.1. The summed E-state index contributed by atoms with van der Waals surface area (Å²) in [7, 11) is 0. The minimum absolute atomic E-state index is 0.0426. The molecule has 2 aliphatic rings. The van der Waals surface area contributed by atoms with Crippen LogP contribution >= 0.6 is 0 Å². The Bertz CT molecular complexity index is 1020. The van der Waals surface area contributed by atoms with Gasteiger partial charge in [-0.1, -0.05) is 42.0 Å². The Morgan fingerprint density at radius 3 is 2.55 bits per heavy atom. The fourth-order valence-electron chi connectivity index (χ4n) is 4.55. The fourth-order valence-corrected chi connectivity index (χ4v) is 4.55. The SMILES string of the molecule is Cc1ccc(C(=O)N(CC2=CC=CCC(CO)=C2)C2CCN(Cc3ccncc3)CC2)cc1. The summed E-state index contributed by atoms with van der Waals surface area (Å²) in [6, 6.07) is 12.2. The van der Waals surface area contributed by atoms with Crippen molar-refractivity contribution in [2.75, 3.05) is 26.2 Å². The maximum Gasteiger partial charge on any atom is 0.254 e. The van der Waals surface area contributed by atoms with Gasteiger partial charge in [-0.25, -0.2) is 0 Å². The molecule has 33 heavy (non-hydrogen) atoms. The number of nitrogens with zero attached hydrogens (tertiary/aromatic N) is 3. The monoisotopic (exact) mass is 443 g/mol. The van der Waals surface area contributed by atoms with Gasteiger partial charge >= 0.3 is 0 Å². The van der Waals surface area contributed by atoms with Gasteiger partial charge in [-0.15, -0.1) is 0 Å². The summed E-state index contributed by atoms with van der Waals surface area (Å²) in [6.07, 6.45) is 14.5. The molecule has 0 bridgehead atoms. The Morgan fingerprint density at radius 2 is 1.85 bits per heavy atom. The van der Waals surface area contributed by atoms with Gasteiger partial charge in [0.1, 0.15) is 0 Å². The van der Waals surface area contributed by atoms with Crippen LogP contribution in [0.3, 0.4) is 0 Å². The number of pyridine rings is 1. The average molecular weight is 444 g/mol. The molecule has 2 heterocycles. The first-order chi connectivity index (χ1) is 16.1. The molecular formula is C28H33N3O2. The molecule has 0 spiro atoms. The van der Waals surface area contributed by atoms with E-state index in [1.807, 2.05) is 60.6 Å². The molecular weight excluding hydrogens is 410 g/mol. The highest BCUT2D eigenvalue weighted by atomic mass is 16.3. The van der Waals surface area contributed by atoms with Crippen molar-refractivity contribution in [3.05, 3.63) is 101 Å². The van der Waals surface area contributed by atoms with Gasteiger partial charge < -0.3 is 10.0 Å². The summed E-state index contributed by atoms with van der Waals surface area (Å²) in [5.74, 6) is 0.0793. The van der Waals surface area contributed by atoms with Crippen LogP contribution in [0.25, 0.3) is 0 Å². The number of hydrogen-bond acceptors (Lipinski definition) is 4. The molecule has 4 rings (SSSR count). The van der Waals surface area contributed by atoms with Crippen LogP contribution in [0.1, 0.15) is 40.7 Å². The third-order valence-corrected chi connectivity index (χ3v) is 6.48. The first-order valence-electron chi connectivity index (χ1n) is 11.8. The minimum atomic E-state index is 0.0426. The number of piperidine rings is 1. The van der Waals surface area contributed by atoms with E-state index in [1.165, 1.54) is 5.56 Å². The van der Waals surface area contributed by atoms with E-state index in [0.29, 0.717) is 6.54 Å². The number of carbonyl (C=O) groups is 1. The molecule has 1 aliphatic heterocycles. The molecule has 1 aliphatic carbocycles. The molecule has 2 aromatic rings. The van der Waals surface area contributed by atoms with Crippen LogP contribution in [0, 0.1) is 6.92 Å². The molecule has 172 valence electrons.